The lowest BCUT2D eigenvalue weighted by molar-refractivity contribution is 0.274. The third kappa shape index (κ3) is 9.08. The van der Waals surface area contributed by atoms with Crippen LogP contribution >= 0.6 is 35.6 Å². The highest BCUT2D eigenvalue weighted by Crippen LogP contribution is 2.09. The Morgan fingerprint density at radius 1 is 1.12 bits per heavy atom. The number of hydrogen-bond donors (Lipinski definition) is 2. The van der Waals surface area contributed by atoms with Crippen LogP contribution in [0.25, 0.3) is 0 Å². The summed E-state index contributed by atoms with van der Waals surface area (Å²) in [6.07, 6.45) is 2.40. The lowest BCUT2D eigenvalue weighted by atomic mass is 10.2. The third-order valence-corrected chi connectivity index (χ3v) is 4.60. The fourth-order valence-corrected chi connectivity index (χ4v) is 2.97. The Balaban J connectivity index is 0.00000312. The average Bonchev–Trinajstić information content (AvgIpc) is 2.80. The van der Waals surface area contributed by atoms with Gasteiger partial charge in [-0.2, -0.15) is 0 Å². The molecular formula is C18H31ClIN5. The number of nitrogens with zero attached hydrogens (tertiary/aromatic N) is 3. The van der Waals surface area contributed by atoms with E-state index in [1.807, 2.05) is 31.3 Å². The lowest BCUT2D eigenvalue weighted by Crippen LogP contribution is -2.38. The summed E-state index contributed by atoms with van der Waals surface area (Å²) in [5.41, 5.74) is 1.19. The van der Waals surface area contributed by atoms with Crippen LogP contribution in [-0.2, 0) is 6.54 Å². The second-order valence-corrected chi connectivity index (χ2v) is 6.77. The van der Waals surface area contributed by atoms with E-state index < -0.39 is 0 Å². The SMILES string of the molecule is CN=C(NCCCN1CCCN(C)CC1)NCc1ccc(Cl)cc1.I. The van der Waals surface area contributed by atoms with E-state index in [9.17, 15) is 0 Å². The lowest BCUT2D eigenvalue weighted by Gasteiger charge is -2.20. The minimum absolute atomic E-state index is 0. The number of likely N-dealkylation sites (N-methyl/N-ethyl adjacent to an activating group) is 1. The second-order valence-electron chi connectivity index (χ2n) is 6.33. The molecule has 0 aromatic heterocycles. The van der Waals surface area contributed by atoms with Gasteiger partial charge in [-0.05, 0) is 57.2 Å². The molecular weight excluding hydrogens is 449 g/mol. The van der Waals surface area contributed by atoms with E-state index in [0.717, 1.165) is 37.0 Å². The Kier molecular flexibility index (Phi) is 11.4. The molecule has 2 N–H and O–H groups in total. The van der Waals surface area contributed by atoms with Gasteiger partial charge in [-0.15, -0.1) is 24.0 Å². The summed E-state index contributed by atoms with van der Waals surface area (Å²) in [5.74, 6) is 0.848. The van der Waals surface area contributed by atoms with Crippen molar-refractivity contribution in [1.82, 2.24) is 20.4 Å². The van der Waals surface area contributed by atoms with Gasteiger partial charge in [-0.25, -0.2) is 0 Å². The molecule has 2 rings (SSSR count). The number of guanidine groups is 1. The Labute approximate surface area is 174 Å². The van der Waals surface area contributed by atoms with Crippen LogP contribution in [0.3, 0.4) is 0 Å². The van der Waals surface area contributed by atoms with Crippen LogP contribution in [-0.4, -0.2) is 69.1 Å². The van der Waals surface area contributed by atoms with Crippen LogP contribution in [0.15, 0.2) is 29.3 Å². The fourth-order valence-electron chi connectivity index (χ4n) is 2.84. The van der Waals surface area contributed by atoms with Gasteiger partial charge in [0, 0.05) is 38.2 Å². The zero-order valence-corrected chi connectivity index (χ0v) is 18.4. The highest BCUT2D eigenvalue weighted by molar-refractivity contribution is 14.0. The maximum Gasteiger partial charge on any atom is 0.191 e. The van der Waals surface area contributed by atoms with E-state index >= 15 is 0 Å². The maximum atomic E-state index is 5.91. The summed E-state index contributed by atoms with van der Waals surface area (Å²) in [6, 6.07) is 7.87. The standard InChI is InChI=1S/C18H30ClN5.HI/c1-20-18(22-15-16-5-7-17(19)8-6-16)21-9-3-11-24-12-4-10-23(2)13-14-24;/h5-8H,3-4,9-15H2,1-2H3,(H2,20,21,22);1H. The Morgan fingerprint density at radius 3 is 2.60 bits per heavy atom. The fraction of sp³-hybridized carbons (Fsp3) is 0.611. The van der Waals surface area contributed by atoms with E-state index in [1.54, 1.807) is 0 Å². The molecule has 1 aromatic carbocycles. The molecule has 1 saturated heterocycles. The van der Waals surface area contributed by atoms with Crippen LogP contribution in [0.4, 0.5) is 0 Å². The summed E-state index contributed by atoms with van der Waals surface area (Å²) in [4.78, 5) is 9.26. The first kappa shape index (κ1) is 22.5. The van der Waals surface area contributed by atoms with Crippen molar-refractivity contribution in [2.45, 2.75) is 19.4 Å². The maximum absolute atomic E-state index is 5.91. The Bertz CT molecular complexity index is 509. The predicted molar refractivity (Wildman–Crippen MR) is 118 cm³/mol. The number of aliphatic imine (C=N–C) groups is 1. The van der Waals surface area contributed by atoms with Gasteiger partial charge in [0.1, 0.15) is 0 Å². The van der Waals surface area contributed by atoms with E-state index in [0.29, 0.717) is 0 Å². The number of benzene rings is 1. The molecule has 0 amide bonds. The van der Waals surface area contributed by atoms with Gasteiger partial charge < -0.3 is 20.4 Å². The van der Waals surface area contributed by atoms with Crippen molar-refractivity contribution >= 4 is 41.5 Å². The molecule has 0 bridgehead atoms. The average molecular weight is 480 g/mol. The van der Waals surface area contributed by atoms with Gasteiger partial charge in [0.2, 0.25) is 0 Å². The summed E-state index contributed by atoms with van der Waals surface area (Å²) < 4.78 is 0. The van der Waals surface area contributed by atoms with Crippen LogP contribution in [0, 0.1) is 0 Å². The van der Waals surface area contributed by atoms with Gasteiger partial charge in [-0.3, -0.25) is 4.99 Å². The van der Waals surface area contributed by atoms with Crippen molar-refractivity contribution in [2.24, 2.45) is 4.99 Å². The summed E-state index contributed by atoms with van der Waals surface area (Å²) in [6.45, 7) is 7.62. The molecule has 1 heterocycles. The topological polar surface area (TPSA) is 42.9 Å². The summed E-state index contributed by atoms with van der Waals surface area (Å²) >= 11 is 5.91. The highest BCUT2D eigenvalue weighted by atomic mass is 127. The minimum Gasteiger partial charge on any atom is -0.356 e. The molecule has 0 unspecified atom stereocenters. The third-order valence-electron chi connectivity index (χ3n) is 4.35. The van der Waals surface area contributed by atoms with E-state index in [2.05, 4.69) is 32.5 Å². The molecule has 0 aliphatic carbocycles. The molecule has 0 atom stereocenters. The summed E-state index contributed by atoms with van der Waals surface area (Å²) in [5, 5.41) is 7.49. The van der Waals surface area contributed by atoms with Crippen LogP contribution in [0.2, 0.25) is 5.02 Å². The number of rotatable bonds is 6. The molecule has 0 saturated carbocycles. The predicted octanol–water partition coefficient (Wildman–Crippen LogP) is 2.65. The number of halogens is 2. The van der Waals surface area contributed by atoms with Gasteiger partial charge >= 0.3 is 0 Å². The monoisotopic (exact) mass is 479 g/mol. The summed E-state index contributed by atoms with van der Waals surface area (Å²) in [7, 11) is 4.02. The molecule has 1 aliphatic heterocycles. The molecule has 25 heavy (non-hydrogen) atoms. The van der Waals surface area contributed by atoms with Gasteiger partial charge in [0.15, 0.2) is 5.96 Å². The van der Waals surface area contributed by atoms with Crippen molar-refractivity contribution < 1.29 is 0 Å². The molecule has 0 radical (unpaired) electrons. The van der Waals surface area contributed by atoms with Crippen molar-refractivity contribution in [3.8, 4) is 0 Å². The normalized spacial score (nSPS) is 16.8. The molecule has 0 spiro atoms. The first-order valence-electron chi connectivity index (χ1n) is 8.77. The van der Waals surface area contributed by atoms with Gasteiger partial charge in [0.05, 0.1) is 0 Å². The first-order valence-corrected chi connectivity index (χ1v) is 9.15. The van der Waals surface area contributed by atoms with Gasteiger partial charge in [-0.1, -0.05) is 23.7 Å². The zero-order valence-electron chi connectivity index (χ0n) is 15.3. The van der Waals surface area contributed by atoms with Crippen molar-refractivity contribution in [1.29, 1.82) is 0 Å². The number of nitrogens with one attached hydrogen (secondary N) is 2. The molecule has 142 valence electrons. The van der Waals surface area contributed by atoms with Crippen molar-refractivity contribution in [3.63, 3.8) is 0 Å². The largest absolute Gasteiger partial charge is 0.356 e. The molecule has 1 aliphatic rings. The van der Waals surface area contributed by atoms with Crippen molar-refractivity contribution in [2.75, 3.05) is 53.4 Å². The number of hydrogen-bond acceptors (Lipinski definition) is 3. The molecule has 7 heteroatoms. The van der Waals surface area contributed by atoms with Gasteiger partial charge in [0.25, 0.3) is 0 Å². The Hall–Kier alpha value is -0.570. The van der Waals surface area contributed by atoms with Crippen LogP contribution < -0.4 is 10.6 Å². The Morgan fingerprint density at radius 2 is 1.88 bits per heavy atom. The molecule has 1 fully saturated rings. The molecule has 1 aromatic rings. The second kappa shape index (κ2) is 12.7. The van der Waals surface area contributed by atoms with Crippen LogP contribution in [0.5, 0.6) is 0 Å². The first-order chi connectivity index (χ1) is 11.7. The van der Waals surface area contributed by atoms with Crippen LogP contribution in [0.1, 0.15) is 18.4 Å². The smallest absolute Gasteiger partial charge is 0.191 e. The zero-order chi connectivity index (χ0) is 17.2. The van der Waals surface area contributed by atoms with E-state index in [1.165, 1.54) is 38.2 Å². The van der Waals surface area contributed by atoms with E-state index in [4.69, 9.17) is 11.6 Å². The van der Waals surface area contributed by atoms with Crippen molar-refractivity contribution in [3.05, 3.63) is 34.9 Å². The highest BCUT2D eigenvalue weighted by Gasteiger charge is 2.11. The molecule has 5 nitrogen and oxygen atoms in total. The minimum atomic E-state index is 0. The quantitative estimate of drug-likeness (QED) is 0.285. The van der Waals surface area contributed by atoms with E-state index in [-0.39, 0.29) is 24.0 Å².